The first-order chi connectivity index (χ1) is 6.66. The largest absolute Gasteiger partial charge is 0.385 e. The maximum Gasteiger partial charge on any atom is 0.0476 e. The molecule has 0 aromatic carbocycles. The third kappa shape index (κ3) is 9.96. The number of rotatable bonds is 9. The van der Waals surface area contributed by atoms with Crippen LogP contribution in [0.5, 0.6) is 0 Å². The SMILES string of the molecule is COCCC(C)NCCCCN(C)C. The van der Waals surface area contributed by atoms with E-state index >= 15 is 0 Å². The molecular weight excluding hydrogens is 176 g/mol. The van der Waals surface area contributed by atoms with Crippen LogP contribution in [0.25, 0.3) is 0 Å². The number of ether oxygens (including phenoxy) is 1. The smallest absolute Gasteiger partial charge is 0.0476 e. The van der Waals surface area contributed by atoms with Gasteiger partial charge in [-0.15, -0.1) is 0 Å². The number of methoxy groups -OCH3 is 1. The van der Waals surface area contributed by atoms with Gasteiger partial charge in [0.2, 0.25) is 0 Å². The zero-order chi connectivity index (χ0) is 10.8. The van der Waals surface area contributed by atoms with E-state index in [9.17, 15) is 0 Å². The molecule has 14 heavy (non-hydrogen) atoms. The highest BCUT2D eigenvalue weighted by Gasteiger charge is 1.99. The van der Waals surface area contributed by atoms with Crippen LogP contribution < -0.4 is 5.32 Å². The first-order valence-corrected chi connectivity index (χ1v) is 5.54. The maximum atomic E-state index is 5.02. The van der Waals surface area contributed by atoms with E-state index in [2.05, 4.69) is 31.2 Å². The Kier molecular flexibility index (Phi) is 9.35. The number of hydrogen-bond acceptors (Lipinski definition) is 3. The predicted octanol–water partition coefficient (Wildman–Crippen LogP) is 1.34. The predicted molar refractivity (Wildman–Crippen MR) is 61.7 cm³/mol. The lowest BCUT2D eigenvalue weighted by Crippen LogP contribution is -2.28. The number of nitrogens with zero attached hydrogens (tertiary/aromatic N) is 1. The second-order valence-electron chi connectivity index (χ2n) is 4.15. The molecule has 0 amide bonds. The molecule has 1 N–H and O–H groups in total. The van der Waals surface area contributed by atoms with Crippen LogP contribution in [0.3, 0.4) is 0 Å². The summed E-state index contributed by atoms with van der Waals surface area (Å²) in [5, 5.41) is 3.49. The van der Waals surface area contributed by atoms with Crippen LogP contribution in [-0.2, 0) is 4.74 Å². The summed E-state index contributed by atoms with van der Waals surface area (Å²) in [7, 11) is 5.99. The van der Waals surface area contributed by atoms with E-state index in [1.165, 1.54) is 19.4 Å². The van der Waals surface area contributed by atoms with Crippen LogP contribution >= 0.6 is 0 Å². The molecule has 0 rings (SSSR count). The van der Waals surface area contributed by atoms with Gasteiger partial charge in [0.05, 0.1) is 0 Å². The first-order valence-electron chi connectivity index (χ1n) is 5.54. The van der Waals surface area contributed by atoms with Crippen molar-refractivity contribution < 1.29 is 4.74 Å². The minimum Gasteiger partial charge on any atom is -0.385 e. The van der Waals surface area contributed by atoms with Gasteiger partial charge >= 0.3 is 0 Å². The number of unbranched alkanes of at least 4 members (excludes halogenated alkanes) is 1. The van der Waals surface area contributed by atoms with Crippen LogP contribution in [0, 0.1) is 0 Å². The Morgan fingerprint density at radius 2 is 2.00 bits per heavy atom. The highest BCUT2D eigenvalue weighted by Crippen LogP contribution is 1.93. The zero-order valence-electron chi connectivity index (χ0n) is 10.2. The van der Waals surface area contributed by atoms with E-state index in [0.29, 0.717) is 6.04 Å². The van der Waals surface area contributed by atoms with Gasteiger partial charge in [-0.05, 0) is 53.4 Å². The van der Waals surface area contributed by atoms with Gasteiger partial charge in [0, 0.05) is 19.8 Å². The average molecular weight is 202 g/mol. The molecule has 0 aromatic heterocycles. The van der Waals surface area contributed by atoms with Crippen molar-refractivity contribution in [2.45, 2.75) is 32.2 Å². The molecule has 0 saturated carbocycles. The summed E-state index contributed by atoms with van der Waals surface area (Å²) in [6.45, 7) is 5.38. The van der Waals surface area contributed by atoms with E-state index in [4.69, 9.17) is 4.74 Å². The maximum absolute atomic E-state index is 5.02. The standard InChI is InChI=1S/C11H26N2O/c1-11(7-10-14-4)12-8-5-6-9-13(2)3/h11-12H,5-10H2,1-4H3. The summed E-state index contributed by atoms with van der Waals surface area (Å²) < 4.78 is 5.02. The second-order valence-corrected chi connectivity index (χ2v) is 4.15. The fourth-order valence-corrected chi connectivity index (χ4v) is 1.30. The Bertz CT molecular complexity index is 118. The van der Waals surface area contributed by atoms with Gasteiger partial charge in [0.25, 0.3) is 0 Å². The van der Waals surface area contributed by atoms with Crippen molar-refractivity contribution in [3.63, 3.8) is 0 Å². The van der Waals surface area contributed by atoms with Crippen LogP contribution in [0.2, 0.25) is 0 Å². The zero-order valence-corrected chi connectivity index (χ0v) is 10.2. The highest BCUT2D eigenvalue weighted by molar-refractivity contribution is 4.60. The van der Waals surface area contributed by atoms with E-state index in [0.717, 1.165) is 19.6 Å². The van der Waals surface area contributed by atoms with Gasteiger partial charge in [-0.2, -0.15) is 0 Å². The molecule has 0 aliphatic carbocycles. The molecule has 0 heterocycles. The third-order valence-corrected chi connectivity index (χ3v) is 2.28. The Hall–Kier alpha value is -0.120. The van der Waals surface area contributed by atoms with Crippen molar-refractivity contribution in [3.05, 3.63) is 0 Å². The van der Waals surface area contributed by atoms with Gasteiger partial charge in [0.1, 0.15) is 0 Å². The van der Waals surface area contributed by atoms with Crippen LogP contribution in [0.4, 0.5) is 0 Å². The van der Waals surface area contributed by atoms with Crippen molar-refractivity contribution in [1.29, 1.82) is 0 Å². The molecule has 1 atom stereocenters. The normalized spacial score (nSPS) is 13.5. The van der Waals surface area contributed by atoms with Gasteiger partial charge in [-0.25, -0.2) is 0 Å². The summed E-state index contributed by atoms with van der Waals surface area (Å²) in [5.41, 5.74) is 0. The monoisotopic (exact) mass is 202 g/mol. The Labute approximate surface area is 88.8 Å². The molecule has 1 unspecified atom stereocenters. The number of hydrogen-bond donors (Lipinski definition) is 1. The minimum atomic E-state index is 0.578. The molecule has 0 spiro atoms. The minimum absolute atomic E-state index is 0.578. The fourth-order valence-electron chi connectivity index (χ4n) is 1.30. The number of nitrogens with one attached hydrogen (secondary N) is 1. The lowest BCUT2D eigenvalue weighted by atomic mass is 10.2. The van der Waals surface area contributed by atoms with E-state index < -0.39 is 0 Å². The molecule has 0 aliphatic rings. The van der Waals surface area contributed by atoms with Gasteiger partial charge in [-0.1, -0.05) is 0 Å². The molecule has 3 nitrogen and oxygen atoms in total. The van der Waals surface area contributed by atoms with E-state index in [-0.39, 0.29) is 0 Å². The molecule has 3 heteroatoms. The summed E-state index contributed by atoms with van der Waals surface area (Å²) in [6.07, 6.45) is 3.64. The Morgan fingerprint density at radius 1 is 1.29 bits per heavy atom. The highest BCUT2D eigenvalue weighted by atomic mass is 16.5. The summed E-state index contributed by atoms with van der Waals surface area (Å²) in [5.74, 6) is 0. The van der Waals surface area contributed by atoms with Crippen LogP contribution in [0.15, 0.2) is 0 Å². The summed E-state index contributed by atoms with van der Waals surface area (Å²) >= 11 is 0. The quantitative estimate of drug-likeness (QED) is 0.571. The van der Waals surface area contributed by atoms with Gasteiger partial charge in [0.15, 0.2) is 0 Å². The topological polar surface area (TPSA) is 24.5 Å². The summed E-state index contributed by atoms with van der Waals surface area (Å²) in [6, 6.07) is 0.578. The fraction of sp³-hybridized carbons (Fsp3) is 1.00. The van der Waals surface area contributed by atoms with Gasteiger partial charge in [-0.3, -0.25) is 0 Å². The van der Waals surface area contributed by atoms with Crippen molar-refractivity contribution >= 4 is 0 Å². The second kappa shape index (κ2) is 9.44. The van der Waals surface area contributed by atoms with Crippen molar-refractivity contribution in [1.82, 2.24) is 10.2 Å². The molecule has 0 radical (unpaired) electrons. The molecule has 0 fully saturated rings. The summed E-state index contributed by atoms with van der Waals surface area (Å²) in [4.78, 5) is 2.23. The molecule has 0 aliphatic heterocycles. The van der Waals surface area contributed by atoms with Crippen molar-refractivity contribution in [2.24, 2.45) is 0 Å². The Morgan fingerprint density at radius 3 is 2.57 bits per heavy atom. The lowest BCUT2D eigenvalue weighted by molar-refractivity contribution is 0.185. The molecule has 86 valence electrons. The van der Waals surface area contributed by atoms with Crippen LogP contribution in [0.1, 0.15) is 26.2 Å². The molecule has 0 saturated heterocycles. The van der Waals surface area contributed by atoms with Crippen molar-refractivity contribution in [3.8, 4) is 0 Å². The molecular formula is C11H26N2O. The first kappa shape index (κ1) is 13.9. The van der Waals surface area contributed by atoms with Crippen molar-refractivity contribution in [2.75, 3.05) is 40.9 Å². The van der Waals surface area contributed by atoms with E-state index in [1.807, 2.05) is 0 Å². The molecule has 0 bridgehead atoms. The van der Waals surface area contributed by atoms with Gasteiger partial charge < -0.3 is 15.0 Å². The Balaban J connectivity index is 3.10. The lowest BCUT2D eigenvalue weighted by Gasteiger charge is -2.14. The average Bonchev–Trinajstić information content (AvgIpc) is 2.13. The van der Waals surface area contributed by atoms with Crippen LogP contribution in [-0.4, -0.2) is 51.8 Å². The molecule has 0 aromatic rings. The van der Waals surface area contributed by atoms with E-state index in [1.54, 1.807) is 7.11 Å². The third-order valence-electron chi connectivity index (χ3n) is 2.28.